The van der Waals surface area contributed by atoms with E-state index < -0.39 is 28.9 Å². The van der Waals surface area contributed by atoms with Crippen molar-refractivity contribution in [3.63, 3.8) is 0 Å². The van der Waals surface area contributed by atoms with Gasteiger partial charge in [-0.25, -0.2) is 13.8 Å². The number of halogens is 5. The van der Waals surface area contributed by atoms with E-state index >= 15 is 0 Å². The van der Waals surface area contributed by atoms with Crippen molar-refractivity contribution in [2.75, 3.05) is 0 Å². The average molecular weight is 419 g/mol. The first-order chi connectivity index (χ1) is 14.0. The minimum atomic E-state index is -4.50. The molecule has 0 unspecified atom stereocenters. The molecule has 1 aromatic heterocycles. The van der Waals surface area contributed by atoms with Crippen molar-refractivity contribution < 1.29 is 22.0 Å². The molecular formula is C21H14F5N3O. The van der Waals surface area contributed by atoms with Crippen LogP contribution in [0.5, 0.6) is 0 Å². The molecule has 0 aliphatic rings. The molecule has 0 aliphatic heterocycles. The Kier molecular flexibility index (Phi) is 5.64. The average Bonchev–Trinajstić information content (AvgIpc) is 2.65. The van der Waals surface area contributed by atoms with Gasteiger partial charge < -0.3 is 10.4 Å². The normalized spacial score (nSPS) is 12.1. The lowest BCUT2D eigenvalue weighted by Crippen LogP contribution is -2.10. The van der Waals surface area contributed by atoms with Gasteiger partial charge in [0.2, 0.25) is 0 Å². The zero-order valence-corrected chi connectivity index (χ0v) is 15.4. The Morgan fingerprint density at radius 2 is 1.73 bits per heavy atom. The van der Waals surface area contributed by atoms with Crippen molar-refractivity contribution in [3.8, 4) is 11.3 Å². The summed E-state index contributed by atoms with van der Waals surface area (Å²) in [5.74, 6) is -1.72. The summed E-state index contributed by atoms with van der Waals surface area (Å²) in [6.45, 7) is 1.38. The van der Waals surface area contributed by atoms with Gasteiger partial charge in [-0.05, 0) is 37.3 Å². The monoisotopic (exact) mass is 419 g/mol. The fourth-order valence-corrected chi connectivity index (χ4v) is 2.76. The molecule has 0 saturated heterocycles. The van der Waals surface area contributed by atoms with E-state index in [4.69, 9.17) is 5.41 Å². The Morgan fingerprint density at radius 1 is 1.07 bits per heavy atom. The lowest BCUT2D eigenvalue weighted by molar-refractivity contribution is -0.137. The lowest BCUT2D eigenvalue weighted by Gasteiger charge is -2.09. The predicted molar refractivity (Wildman–Crippen MR) is 103 cm³/mol. The van der Waals surface area contributed by atoms with Gasteiger partial charge in [0, 0.05) is 34.5 Å². The Balaban J connectivity index is 2.07. The van der Waals surface area contributed by atoms with Gasteiger partial charge in [-0.1, -0.05) is 12.1 Å². The molecule has 2 N–H and O–H groups in total. The first-order valence-corrected chi connectivity index (χ1v) is 8.56. The van der Waals surface area contributed by atoms with Gasteiger partial charge in [0.15, 0.2) is 0 Å². The second kappa shape index (κ2) is 8.02. The quantitative estimate of drug-likeness (QED) is 0.444. The van der Waals surface area contributed by atoms with Crippen molar-refractivity contribution in [3.05, 3.63) is 87.5 Å². The third kappa shape index (κ3) is 4.68. The van der Waals surface area contributed by atoms with E-state index in [1.54, 1.807) is 0 Å². The minimum Gasteiger partial charge on any atom is -0.307 e. The number of allylic oxidation sites excluding steroid dienone is 1. The number of nitrogens with zero attached hydrogens (tertiary/aromatic N) is 1. The molecule has 3 rings (SSSR count). The number of rotatable bonds is 4. The molecule has 30 heavy (non-hydrogen) atoms. The van der Waals surface area contributed by atoms with E-state index in [2.05, 4.69) is 9.97 Å². The van der Waals surface area contributed by atoms with Gasteiger partial charge in [0.25, 0.3) is 5.56 Å². The van der Waals surface area contributed by atoms with Crippen LogP contribution in [0.25, 0.3) is 22.9 Å². The van der Waals surface area contributed by atoms with E-state index in [1.807, 2.05) is 0 Å². The Labute approximate surface area is 167 Å². The Bertz CT molecular complexity index is 1190. The van der Waals surface area contributed by atoms with Crippen molar-refractivity contribution in [2.45, 2.75) is 13.1 Å². The highest BCUT2D eigenvalue weighted by Crippen LogP contribution is 2.30. The molecule has 0 spiro atoms. The number of nitrogens with one attached hydrogen (secondary N) is 2. The van der Waals surface area contributed by atoms with Gasteiger partial charge >= 0.3 is 6.18 Å². The lowest BCUT2D eigenvalue weighted by atomic mass is 10.0. The number of aromatic nitrogens is 2. The van der Waals surface area contributed by atoms with Crippen LogP contribution in [0.15, 0.2) is 53.3 Å². The Hall–Kier alpha value is -3.62. The fraction of sp³-hybridized carbons (Fsp3) is 0.0952. The molecule has 0 aliphatic carbocycles. The number of benzene rings is 2. The third-order valence-corrected chi connectivity index (χ3v) is 4.17. The summed E-state index contributed by atoms with van der Waals surface area (Å²) in [6.07, 6.45) is -3.25. The number of H-pyrrole nitrogens is 1. The third-order valence-electron chi connectivity index (χ3n) is 4.17. The summed E-state index contributed by atoms with van der Waals surface area (Å²) in [5, 5.41) is 7.89. The summed E-state index contributed by atoms with van der Waals surface area (Å²) < 4.78 is 65.6. The first kappa shape index (κ1) is 21.1. The van der Waals surface area contributed by atoms with Crippen LogP contribution >= 0.6 is 0 Å². The smallest absolute Gasteiger partial charge is 0.307 e. The predicted octanol–water partition coefficient (Wildman–Crippen LogP) is 5.31. The van der Waals surface area contributed by atoms with E-state index in [0.29, 0.717) is 6.07 Å². The number of alkyl halides is 3. The van der Waals surface area contributed by atoms with Crippen molar-refractivity contribution in [2.24, 2.45) is 0 Å². The molecule has 2 aromatic carbocycles. The molecule has 4 nitrogen and oxygen atoms in total. The van der Waals surface area contributed by atoms with Crippen molar-refractivity contribution in [1.29, 1.82) is 5.41 Å². The standard InChI is InChI=1S/C21H14F5N3O/c1-11(27)16(15-7-6-14(22)8-17(15)23)9-19-28-18(10-20(30)29-19)12-2-4-13(5-3-12)21(24,25)26/h2-10,27H,1H3,(H,28,29,30). The van der Waals surface area contributed by atoms with Crippen LogP contribution < -0.4 is 5.56 Å². The molecule has 0 atom stereocenters. The van der Waals surface area contributed by atoms with Crippen LogP contribution in [0.1, 0.15) is 23.9 Å². The maximum Gasteiger partial charge on any atom is 0.416 e. The number of hydrogen-bond acceptors (Lipinski definition) is 3. The molecule has 0 saturated carbocycles. The fourth-order valence-electron chi connectivity index (χ4n) is 2.76. The van der Waals surface area contributed by atoms with E-state index in [9.17, 15) is 26.7 Å². The summed E-state index contributed by atoms with van der Waals surface area (Å²) in [6, 6.07) is 8.07. The zero-order chi connectivity index (χ0) is 22.1. The summed E-state index contributed by atoms with van der Waals surface area (Å²) in [4.78, 5) is 18.6. The minimum absolute atomic E-state index is 0.0391. The van der Waals surface area contributed by atoms with Crippen LogP contribution in [-0.2, 0) is 6.18 Å². The molecular weight excluding hydrogens is 405 g/mol. The van der Waals surface area contributed by atoms with Crippen LogP contribution in [0.2, 0.25) is 0 Å². The molecule has 0 radical (unpaired) electrons. The van der Waals surface area contributed by atoms with Crippen molar-refractivity contribution in [1.82, 2.24) is 9.97 Å². The highest BCUT2D eigenvalue weighted by Gasteiger charge is 2.30. The van der Waals surface area contributed by atoms with E-state index in [-0.39, 0.29) is 33.9 Å². The molecule has 3 aromatic rings. The van der Waals surface area contributed by atoms with Gasteiger partial charge in [-0.2, -0.15) is 13.2 Å². The van der Waals surface area contributed by atoms with Gasteiger partial charge in [-0.15, -0.1) is 0 Å². The highest BCUT2D eigenvalue weighted by molar-refractivity contribution is 6.25. The highest BCUT2D eigenvalue weighted by atomic mass is 19.4. The molecule has 0 fully saturated rings. The van der Waals surface area contributed by atoms with E-state index in [0.717, 1.165) is 30.3 Å². The second-order valence-electron chi connectivity index (χ2n) is 6.40. The van der Waals surface area contributed by atoms with Gasteiger partial charge in [0.1, 0.15) is 17.5 Å². The largest absolute Gasteiger partial charge is 0.416 e. The molecule has 154 valence electrons. The molecule has 0 bridgehead atoms. The SMILES string of the molecule is CC(=N)C(=Cc1nc(-c2ccc(C(F)(F)F)cc2)cc(=O)[nH]1)c1ccc(F)cc1F. The molecule has 9 heteroatoms. The number of aromatic amines is 1. The van der Waals surface area contributed by atoms with Crippen LogP contribution in [0, 0.1) is 17.0 Å². The van der Waals surface area contributed by atoms with Crippen LogP contribution in [0.3, 0.4) is 0 Å². The van der Waals surface area contributed by atoms with Crippen molar-refractivity contribution >= 4 is 17.4 Å². The van der Waals surface area contributed by atoms with Crippen LogP contribution in [0.4, 0.5) is 22.0 Å². The van der Waals surface area contributed by atoms with Crippen LogP contribution in [-0.4, -0.2) is 15.7 Å². The first-order valence-electron chi connectivity index (χ1n) is 8.56. The number of hydrogen-bond donors (Lipinski definition) is 2. The summed E-state index contributed by atoms with van der Waals surface area (Å²) in [7, 11) is 0. The molecule has 1 heterocycles. The van der Waals surface area contributed by atoms with Gasteiger partial charge in [0.05, 0.1) is 11.3 Å². The maximum absolute atomic E-state index is 14.2. The topological polar surface area (TPSA) is 69.6 Å². The van der Waals surface area contributed by atoms with Gasteiger partial charge in [-0.3, -0.25) is 4.79 Å². The summed E-state index contributed by atoms with van der Waals surface area (Å²) in [5.41, 5.74) is -1.14. The summed E-state index contributed by atoms with van der Waals surface area (Å²) >= 11 is 0. The molecule has 0 amide bonds. The maximum atomic E-state index is 14.2. The second-order valence-corrected chi connectivity index (χ2v) is 6.40. The zero-order valence-electron chi connectivity index (χ0n) is 15.4. The van der Waals surface area contributed by atoms with E-state index in [1.165, 1.54) is 25.1 Å². The Morgan fingerprint density at radius 3 is 2.30 bits per heavy atom.